The zero-order valence-corrected chi connectivity index (χ0v) is 12.9. The second-order valence-electron chi connectivity index (χ2n) is 3.78. The molecule has 0 bridgehead atoms. The van der Waals surface area contributed by atoms with E-state index in [2.05, 4.69) is 48.5 Å². The molecule has 0 fully saturated rings. The maximum Gasteiger partial charge on any atom is 0.207 e. The van der Waals surface area contributed by atoms with Gasteiger partial charge in [0.05, 0.1) is 5.69 Å². The molecule has 0 radical (unpaired) electrons. The molecule has 0 aliphatic heterocycles. The Morgan fingerprint density at radius 3 is 2.67 bits per heavy atom. The van der Waals surface area contributed by atoms with E-state index in [1.54, 1.807) is 6.20 Å². The van der Waals surface area contributed by atoms with Gasteiger partial charge in [-0.05, 0) is 68.9 Å². The standard InChI is InChI=1S/C12H8BrIN4/c13-7-5-10-11(16-6-7)18(12(15)17-10)9-3-1-8(14)2-4-9/h1-6H,(H2,15,17). The number of benzene rings is 1. The van der Waals surface area contributed by atoms with Crippen molar-refractivity contribution in [3.05, 3.63) is 44.6 Å². The first-order valence-electron chi connectivity index (χ1n) is 5.20. The first-order valence-corrected chi connectivity index (χ1v) is 7.08. The number of anilines is 1. The van der Waals surface area contributed by atoms with Crippen LogP contribution in [0.4, 0.5) is 5.95 Å². The normalized spacial score (nSPS) is 11.0. The minimum atomic E-state index is 0.441. The Morgan fingerprint density at radius 2 is 1.94 bits per heavy atom. The summed E-state index contributed by atoms with van der Waals surface area (Å²) in [4.78, 5) is 8.69. The number of halogens is 2. The van der Waals surface area contributed by atoms with Gasteiger partial charge in [-0.25, -0.2) is 9.97 Å². The Hall–Kier alpha value is -1.15. The molecule has 18 heavy (non-hydrogen) atoms. The molecule has 0 atom stereocenters. The molecule has 0 saturated carbocycles. The first kappa shape index (κ1) is 11.9. The van der Waals surface area contributed by atoms with Gasteiger partial charge >= 0.3 is 0 Å². The molecule has 4 nitrogen and oxygen atoms in total. The molecular weight excluding hydrogens is 407 g/mol. The summed E-state index contributed by atoms with van der Waals surface area (Å²) in [6, 6.07) is 9.97. The molecule has 2 aromatic heterocycles. The van der Waals surface area contributed by atoms with Gasteiger partial charge in [-0.15, -0.1) is 0 Å². The van der Waals surface area contributed by atoms with Crippen molar-refractivity contribution in [3.63, 3.8) is 0 Å². The van der Waals surface area contributed by atoms with Gasteiger partial charge in [0.15, 0.2) is 5.65 Å². The lowest BCUT2D eigenvalue weighted by Crippen LogP contribution is -2.01. The smallest absolute Gasteiger partial charge is 0.207 e. The monoisotopic (exact) mass is 414 g/mol. The Balaban J connectivity index is 2.28. The Morgan fingerprint density at radius 1 is 1.22 bits per heavy atom. The van der Waals surface area contributed by atoms with Crippen molar-refractivity contribution in [2.75, 3.05) is 5.73 Å². The van der Waals surface area contributed by atoms with Crippen LogP contribution in [0.1, 0.15) is 0 Å². The minimum absolute atomic E-state index is 0.441. The van der Waals surface area contributed by atoms with Crippen molar-refractivity contribution in [2.24, 2.45) is 0 Å². The lowest BCUT2D eigenvalue weighted by atomic mass is 10.3. The third-order valence-corrected chi connectivity index (χ3v) is 3.73. The van der Waals surface area contributed by atoms with Crippen molar-refractivity contribution < 1.29 is 0 Å². The van der Waals surface area contributed by atoms with Crippen LogP contribution in [0.3, 0.4) is 0 Å². The van der Waals surface area contributed by atoms with Crippen LogP contribution in [0, 0.1) is 3.57 Å². The third kappa shape index (κ3) is 1.99. The summed E-state index contributed by atoms with van der Waals surface area (Å²) in [6.45, 7) is 0. The summed E-state index contributed by atoms with van der Waals surface area (Å²) < 4.78 is 3.91. The molecule has 3 rings (SSSR count). The van der Waals surface area contributed by atoms with Crippen LogP contribution in [0.25, 0.3) is 16.9 Å². The highest BCUT2D eigenvalue weighted by Crippen LogP contribution is 2.23. The van der Waals surface area contributed by atoms with Gasteiger partial charge in [0.2, 0.25) is 5.95 Å². The number of imidazole rings is 1. The number of nitrogen functional groups attached to an aromatic ring is 1. The van der Waals surface area contributed by atoms with E-state index in [1.165, 1.54) is 3.57 Å². The SMILES string of the molecule is Nc1nc2cc(Br)cnc2n1-c1ccc(I)cc1. The predicted octanol–water partition coefficient (Wildman–Crippen LogP) is 3.37. The highest BCUT2D eigenvalue weighted by Gasteiger charge is 2.11. The lowest BCUT2D eigenvalue weighted by Gasteiger charge is -2.05. The number of hydrogen-bond acceptors (Lipinski definition) is 3. The molecule has 2 N–H and O–H groups in total. The second-order valence-corrected chi connectivity index (χ2v) is 5.94. The highest BCUT2D eigenvalue weighted by molar-refractivity contribution is 14.1. The molecular formula is C12H8BrIN4. The fraction of sp³-hybridized carbons (Fsp3) is 0. The van der Waals surface area contributed by atoms with Crippen molar-refractivity contribution in [1.82, 2.24) is 14.5 Å². The van der Waals surface area contributed by atoms with Crippen LogP contribution >= 0.6 is 38.5 Å². The number of nitrogens with zero attached hydrogens (tertiary/aromatic N) is 3. The van der Waals surface area contributed by atoms with Crippen LogP contribution in [-0.4, -0.2) is 14.5 Å². The third-order valence-electron chi connectivity index (χ3n) is 2.57. The van der Waals surface area contributed by atoms with E-state index < -0.39 is 0 Å². The van der Waals surface area contributed by atoms with Gasteiger partial charge in [0, 0.05) is 14.2 Å². The van der Waals surface area contributed by atoms with Crippen molar-refractivity contribution in [1.29, 1.82) is 0 Å². The average molecular weight is 415 g/mol. The number of aromatic nitrogens is 3. The van der Waals surface area contributed by atoms with Crippen LogP contribution in [0.15, 0.2) is 41.0 Å². The van der Waals surface area contributed by atoms with Crippen LogP contribution < -0.4 is 5.73 Å². The molecule has 0 amide bonds. The molecule has 0 saturated heterocycles. The molecule has 6 heteroatoms. The van der Waals surface area contributed by atoms with Crippen molar-refractivity contribution >= 4 is 55.6 Å². The van der Waals surface area contributed by atoms with E-state index in [-0.39, 0.29) is 0 Å². The number of hydrogen-bond donors (Lipinski definition) is 1. The first-order chi connectivity index (χ1) is 8.65. The maximum atomic E-state index is 5.97. The lowest BCUT2D eigenvalue weighted by molar-refractivity contribution is 1.08. The van der Waals surface area contributed by atoms with E-state index in [0.29, 0.717) is 5.95 Å². The predicted molar refractivity (Wildman–Crippen MR) is 83.7 cm³/mol. The van der Waals surface area contributed by atoms with E-state index in [4.69, 9.17) is 5.73 Å². The van der Waals surface area contributed by atoms with Gasteiger partial charge < -0.3 is 5.73 Å². The molecule has 0 aliphatic carbocycles. The van der Waals surface area contributed by atoms with Crippen LogP contribution in [-0.2, 0) is 0 Å². The zero-order valence-electron chi connectivity index (χ0n) is 9.14. The van der Waals surface area contributed by atoms with E-state index in [0.717, 1.165) is 21.3 Å². The summed E-state index contributed by atoms with van der Waals surface area (Å²) in [5, 5.41) is 0. The molecule has 3 aromatic rings. The van der Waals surface area contributed by atoms with Crippen molar-refractivity contribution in [2.45, 2.75) is 0 Å². The highest BCUT2D eigenvalue weighted by atomic mass is 127. The Labute approximate surface area is 125 Å². The van der Waals surface area contributed by atoms with E-state index in [9.17, 15) is 0 Å². The zero-order chi connectivity index (χ0) is 12.7. The quantitative estimate of drug-likeness (QED) is 0.621. The molecule has 1 aromatic carbocycles. The summed E-state index contributed by atoms with van der Waals surface area (Å²) in [6.07, 6.45) is 1.74. The van der Waals surface area contributed by atoms with Crippen LogP contribution in [0.5, 0.6) is 0 Å². The van der Waals surface area contributed by atoms with Gasteiger partial charge in [-0.3, -0.25) is 4.57 Å². The Bertz CT molecular complexity index is 721. The van der Waals surface area contributed by atoms with Gasteiger partial charge in [-0.1, -0.05) is 0 Å². The summed E-state index contributed by atoms with van der Waals surface area (Å²) in [5.74, 6) is 0.441. The second kappa shape index (κ2) is 4.51. The molecule has 90 valence electrons. The van der Waals surface area contributed by atoms with Crippen molar-refractivity contribution in [3.8, 4) is 5.69 Å². The molecule has 0 aliphatic rings. The number of rotatable bonds is 1. The summed E-state index contributed by atoms with van der Waals surface area (Å²) in [5.41, 5.74) is 8.47. The molecule has 2 heterocycles. The largest absolute Gasteiger partial charge is 0.369 e. The number of fused-ring (bicyclic) bond motifs is 1. The summed E-state index contributed by atoms with van der Waals surface area (Å²) in [7, 11) is 0. The number of nitrogens with two attached hydrogens (primary N) is 1. The van der Waals surface area contributed by atoms with Gasteiger partial charge in [0.25, 0.3) is 0 Å². The maximum absolute atomic E-state index is 5.97. The van der Waals surface area contributed by atoms with E-state index in [1.807, 2.05) is 34.9 Å². The minimum Gasteiger partial charge on any atom is -0.369 e. The topological polar surface area (TPSA) is 56.7 Å². The average Bonchev–Trinajstić information content (AvgIpc) is 2.65. The van der Waals surface area contributed by atoms with Crippen LogP contribution in [0.2, 0.25) is 0 Å². The fourth-order valence-corrected chi connectivity index (χ4v) is 2.48. The van der Waals surface area contributed by atoms with Gasteiger partial charge in [0.1, 0.15) is 5.52 Å². The number of pyridine rings is 1. The Kier molecular flexibility index (Phi) is 2.98. The molecule has 0 spiro atoms. The summed E-state index contributed by atoms with van der Waals surface area (Å²) >= 11 is 5.65. The van der Waals surface area contributed by atoms with E-state index >= 15 is 0 Å². The fourth-order valence-electron chi connectivity index (χ4n) is 1.80. The van der Waals surface area contributed by atoms with Gasteiger partial charge in [-0.2, -0.15) is 0 Å². The molecule has 0 unspecified atom stereocenters.